The lowest BCUT2D eigenvalue weighted by molar-refractivity contribution is -0.384. The number of benzene rings is 2. The van der Waals surface area contributed by atoms with E-state index in [1.807, 2.05) is 0 Å². The van der Waals surface area contributed by atoms with Crippen LogP contribution in [0.2, 0.25) is 10.0 Å². The molecule has 0 aliphatic rings. The summed E-state index contributed by atoms with van der Waals surface area (Å²) < 4.78 is 7.08. The normalized spacial score (nSPS) is 11.6. The van der Waals surface area contributed by atoms with E-state index in [4.69, 9.17) is 27.9 Å². The molecular formula is C18H13Cl2N3O5S. The molecule has 0 bridgehead atoms. The molecule has 0 saturated heterocycles. The van der Waals surface area contributed by atoms with Crippen molar-refractivity contribution in [2.45, 2.75) is 13.5 Å². The van der Waals surface area contributed by atoms with E-state index < -0.39 is 16.8 Å². The predicted octanol–water partition coefficient (Wildman–Crippen LogP) is 4.22. The summed E-state index contributed by atoms with van der Waals surface area (Å²) in [6.45, 7) is 1.66. The van der Waals surface area contributed by atoms with Gasteiger partial charge in [-0.15, -0.1) is 0 Å². The fourth-order valence-electron chi connectivity index (χ4n) is 2.60. The maximum atomic E-state index is 12.6. The second-order valence-electron chi connectivity index (χ2n) is 5.73. The summed E-state index contributed by atoms with van der Waals surface area (Å²) in [6.07, 6.45) is 0. The lowest BCUT2D eigenvalue weighted by Crippen LogP contribution is -2.23. The van der Waals surface area contributed by atoms with Gasteiger partial charge in [0.1, 0.15) is 6.54 Å². The van der Waals surface area contributed by atoms with Crippen LogP contribution in [0.25, 0.3) is 10.2 Å². The van der Waals surface area contributed by atoms with Gasteiger partial charge in [-0.1, -0.05) is 40.6 Å². The van der Waals surface area contributed by atoms with Crippen LogP contribution in [-0.2, 0) is 16.1 Å². The van der Waals surface area contributed by atoms with Crippen molar-refractivity contribution in [3.63, 3.8) is 0 Å². The molecule has 0 aliphatic heterocycles. The van der Waals surface area contributed by atoms with Crippen molar-refractivity contribution in [2.24, 2.45) is 4.99 Å². The number of thiazole rings is 1. The molecule has 11 heteroatoms. The monoisotopic (exact) mass is 453 g/mol. The predicted molar refractivity (Wildman–Crippen MR) is 109 cm³/mol. The zero-order valence-electron chi connectivity index (χ0n) is 14.9. The van der Waals surface area contributed by atoms with Gasteiger partial charge in [0, 0.05) is 22.7 Å². The molecule has 1 heterocycles. The first-order valence-corrected chi connectivity index (χ1v) is 9.85. The highest BCUT2D eigenvalue weighted by atomic mass is 35.5. The van der Waals surface area contributed by atoms with Gasteiger partial charge in [-0.05, 0) is 25.1 Å². The zero-order valence-corrected chi connectivity index (χ0v) is 17.3. The molecule has 29 heavy (non-hydrogen) atoms. The SMILES string of the molecule is CCOC(=O)Cn1c(=NC(=O)c2cccc([N+](=O)[O-])c2)sc2cc(Cl)cc(Cl)c21. The number of non-ortho nitro benzene ring substituents is 1. The number of rotatable bonds is 5. The number of ether oxygens (including phenoxy) is 1. The van der Waals surface area contributed by atoms with Crippen molar-refractivity contribution in [3.8, 4) is 0 Å². The second-order valence-corrected chi connectivity index (χ2v) is 7.59. The van der Waals surface area contributed by atoms with Gasteiger partial charge in [0.15, 0.2) is 4.80 Å². The van der Waals surface area contributed by atoms with E-state index in [0.717, 1.165) is 17.4 Å². The molecule has 0 spiro atoms. The van der Waals surface area contributed by atoms with Crippen LogP contribution < -0.4 is 4.80 Å². The van der Waals surface area contributed by atoms with Crippen LogP contribution in [0.4, 0.5) is 5.69 Å². The summed E-state index contributed by atoms with van der Waals surface area (Å²) in [5.41, 5.74) is 0.305. The Morgan fingerprint density at radius 1 is 1.28 bits per heavy atom. The number of fused-ring (bicyclic) bond motifs is 1. The van der Waals surface area contributed by atoms with Gasteiger partial charge in [0.25, 0.3) is 11.6 Å². The number of nitro groups is 1. The number of nitrogens with zero attached hydrogens (tertiary/aromatic N) is 3. The fraction of sp³-hybridized carbons (Fsp3) is 0.167. The number of halogens is 2. The van der Waals surface area contributed by atoms with E-state index in [1.165, 1.54) is 28.8 Å². The van der Waals surface area contributed by atoms with Crippen molar-refractivity contribution in [1.29, 1.82) is 0 Å². The number of nitro benzene ring substituents is 1. The van der Waals surface area contributed by atoms with Crippen LogP contribution in [-0.4, -0.2) is 28.0 Å². The van der Waals surface area contributed by atoms with E-state index >= 15 is 0 Å². The first-order chi connectivity index (χ1) is 13.8. The minimum Gasteiger partial charge on any atom is -0.465 e. The van der Waals surface area contributed by atoms with Gasteiger partial charge in [0.2, 0.25) is 0 Å². The Kier molecular flexibility index (Phi) is 6.31. The van der Waals surface area contributed by atoms with Crippen molar-refractivity contribution in [2.75, 3.05) is 6.61 Å². The topological polar surface area (TPSA) is 104 Å². The highest BCUT2D eigenvalue weighted by Crippen LogP contribution is 2.29. The highest BCUT2D eigenvalue weighted by molar-refractivity contribution is 7.16. The Labute approximate surface area is 178 Å². The van der Waals surface area contributed by atoms with Gasteiger partial charge in [0.05, 0.1) is 26.8 Å². The van der Waals surface area contributed by atoms with Gasteiger partial charge in [-0.2, -0.15) is 4.99 Å². The molecule has 2 aromatic carbocycles. The molecule has 0 unspecified atom stereocenters. The Hall–Kier alpha value is -2.75. The summed E-state index contributed by atoms with van der Waals surface area (Å²) in [4.78, 5) is 39.3. The van der Waals surface area contributed by atoms with Crippen LogP contribution in [0.15, 0.2) is 41.4 Å². The van der Waals surface area contributed by atoms with Crippen LogP contribution in [0, 0.1) is 10.1 Å². The summed E-state index contributed by atoms with van der Waals surface area (Å²) in [6, 6.07) is 8.40. The standard InChI is InChI=1S/C18H13Cl2N3O5S/c1-2-28-15(24)9-22-16-13(20)7-11(19)8-14(16)29-18(22)21-17(25)10-4-3-5-12(6-10)23(26)27/h3-8H,2,9H2,1H3. The fourth-order valence-corrected chi connectivity index (χ4v) is 4.41. The molecule has 3 rings (SSSR count). The van der Waals surface area contributed by atoms with Gasteiger partial charge < -0.3 is 9.30 Å². The van der Waals surface area contributed by atoms with E-state index in [-0.39, 0.29) is 34.2 Å². The first kappa shape index (κ1) is 21.0. The molecule has 3 aromatic rings. The van der Waals surface area contributed by atoms with Crippen molar-refractivity contribution in [1.82, 2.24) is 4.57 Å². The molecule has 150 valence electrons. The third-order valence-electron chi connectivity index (χ3n) is 3.79. The number of carbonyl (C=O) groups is 2. The maximum Gasteiger partial charge on any atom is 0.326 e. The van der Waals surface area contributed by atoms with Crippen molar-refractivity contribution >= 4 is 62.3 Å². The number of amides is 1. The number of carbonyl (C=O) groups excluding carboxylic acids is 2. The molecule has 0 saturated carbocycles. The molecule has 1 aromatic heterocycles. The second kappa shape index (κ2) is 8.73. The molecule has 8 nitrogen and oxygen atoms in total. The average Bonchev–Trinajstić information content (AvgIpc) is 2.98. The largest absolute Gasteiger partial charge is 0.465 e. The van der Waals surface area contributed by atoms with Gasteiger partial charge >= 0.3 is 5.97 Å². The number of aromatic nitrogens is 1. The Morgan fingerprint density at radius 3 is 2.72 bits per heavy atom. The minimum absolute atomic E-state index is 0.0449. The molecule has 0 fully saturated rings. The Bertz CT molecular complexity index is 1200. The van der Waals surface area contributed by atoms with Crippen LogP contribution in [0.1, 0.15) is 17.3 Å². The highest BCUT2D eigenvalue weighted by Gasteiger charge is 2.17. The summed E-state index contributed by atoms with van der Waals surface area (Å²) in [5, 5.41) is 11.6. The van der Waals surface area contributed by atoms with Crippen LogP contribution in [0.5, 0.6) is 0 Å². The minimum atomic E-state index is -0.694. The molecular weight excluding hydrogens is 441 g/mol. The molecule has 0 atom stereocenters. The summed E-state index contributed by atoms with van der Waals surface area (Å²) in [7, 11) is 0. The molecule has 0 aliphatic carbocycles. The van der Waals surface area contributed by atoms with Gasteiger partial charge in [-0.25, -0.2) is 0 Å². The van der Waals surface area contributed by atoms with Crippen molar-refractivity contribution < 1.29 is 19.2 Å². The quantitative estimate of drug-likeness (QED) is 0.326. The van der Waals surface area contributed by atoms with Crippen molar-refractivity contribution in [3.05, 3.63) is 66.9 Å². The molecule has 0 radical (unpaired) electrons. The third-order valence-corrected chi connectivity index (χ3v) is 5.32. The van der Waals surface area contributed by atoms with Gasteiger partial charge in [-0.3, -0.25) is 19.7 Å². The summed E-state index contributed by atoms with van der Waals surface area (Å²) >= 11 is 13.5. The summed E-state index contributed by atoms with van der Waals surface area (Å²) in [5.74, 6) is -1.22. The number of hydrogen-bond acceptors (Lipinski definition) is 6. The molecule has 0 N–H and O–H groups in total. The number of esters is 1. The van der Waals surface area contributed by atoms with Crippen LogP contribution in [0.3, 0.4) is 0 Å². The average molecular weight is 454 g/mol. The van der Waals surface area contributed by atoms with E-state index in [1.54, 1.807) is 13.0 Å². The lowest BCUT2D eigenvalue weighted by atomic mass is 10.2. The maximum absolute atomic E-state index is 12.6. The van der Waals surface area contributed by atoms with E-state index in [0.29, 0.717) is 15.2 Å². The first-order valence-electron chi connectivity index (χ1n) is 8.27. The number of hydrogen-bond donors (Lipinski definition) is 0. The Balaban J connectivity index is 2.15. The smallest absolute Gasteiger partial charge is 0.326 e. The van der Waals surface area contributed by atoms with E-state index in [9.17, 15) is 19.7 Å². The third kappa shape index (κ3) is 4.64. The lowest BCUT2D eigenvalue weighted by Gasteiger charge is -2.06. The zero-order chi connectivity index (χ0) is 21.1. The Morgan fingerprint density at radius 2 is 2.03 bits per heavy atom. The van der Waals surface area contributed by atoms with Crippen LogP contribution >= 0.6 is 34.5 Å². The van der Waals surface area contributed by atoms with E-state index in [2.05, 4.69) is 4.99 Å². The molecule has 1 amide bonds.